The summed E-state index contributed by atoms with van der Waals surface area (Å²) in [6.45, 7) is 14.2. The van der Waals surface area contributed by atoms with Crippen molar-refractivity contribution in [3.05, 3.63) is 123 Å². The lowest BCUT2D eigenvalue weighted by Gasteiger charge is -2.30. The lowest BCUT2D eigenvalue weighted by atomic mass is 9.73. The van der Waals surface area contributed by atoms with Gasteiger partial charge in [0.2, 0.25) is 0 Å². The van der Waals surface area contributed by atoms with Crippen LogP contribution in [0.4, 0.5) is 0 Å². The summed E-state index contributed by atoms with van der Waals surface area (Å²) in [5.74, 6) is 0.298. The van der Waals surface area contributed by atoms with E-state index >= 15 is 0 Å². The van der Waals surface area contributed by atoms with Crippen LogP contribution in [0.3, 0.4) is 0 Å². The summed E-state index contributed by atoms with van der Waals surface area (Å²) in [7, 11) is 0. The Morgan fingerprint density at radius 2 is 1.17 bits per heavy atom. The summed E-state index contributed by atoms with van der Waals surface area (Å²) >= 11 is 0. The molecule has 0 saturated heterocycles. The van der Waals surface area contributed by atoms with Crippen molar-refractivity contribution in [2.45, 2.75) is 71.1 Å². The van der Waals surface area contributed by atoms with Gasteiger partial charge in [0.15, 0.2) is 0 Å². The summed E-state index contributed by atoms with van der Waals surface area (Å²) in [4.78, 5) is 0. The van der Waals surface area contributed by atoms with Crippen LogP contribution in [0, 0.1) is 6.42 Å². The van der Waals surface area contributed by atoms with Crippen LogP contribution in [-0.4, -0.2) is 0 Å². The Morgan fingerprint density at radius 3 is 1.72 bits per heavy atom. The predicted molar refractivity (Wildman–Crippen MR) is 152 cm³/mol. The third-order valence-electron chi connectivity index (χ3n) is 8.80. The fraction of sp³-hybridized carbons (Fsp3) is 0.306. The average Bonchev–Trinajstić information content (AvgIpc) is 3.32. The Kier molecular flexibility index (Phi) is 4.43. The second-order valence-electron chi connectivity index (χ2n) is 13.1. The molecule has 179 valence electrons. The van der Waals surface area contributed by atoms with Gasteiger partial charge in [-0.25, -0.2) is 0 Å². The number of fused-ring (bicyclic) bond motifs is 8. The van der Waals surface area contributed by atoms with Crippen molar-refractivity contribution >= 4 is 0 Å². The quantitative estimate of drug-likeness (QED) is 0.226. The molecule has 0 heteroatoms. The highest BCUT2D eigenvalue weighted by molar-refractivity contribution is 5.89. The molecular formula is C36H35. The SMILES string of the molecule is CC(C)(C)c1cccc2c1-c1c(cccc1C(C)(C)C)C2c1cc2c(c3c1CC3)[CH]c1ccccc1-2. The fourth-order valence-corrected chi connectivity index (χ4v) is 7.07. The Hall–Kier alpha value is -3.12. The number of benzene rings is 4. The van der Waals surface area contributed by atoms with Crippen LogP contribution in [-0.2, 0) is 23.7 Å². The molecule has 0 unspecified atom stereocenters. The standard InChI is InChI=1S/C36H35/c1-35(2,3)30-15-9-13-25-32(26-14-10-16-31(36(4,5)6)34(26)33(25)30)29-20-28-22-12-8-7-11-21(22)19-27(28)23-17-18-24(23)29/h7-16,19-20,32H,17-18H2,1-6H3. The van der Waals surface area contributed by atoms with E-state index in [2.05, 4.69) is 115 Å². The van der Waals surface area contributed by atoms with E-state index in [0.717, 1.165) is 0 Å². The minimum absolute atomic E-state index is 0.0827. The van der Waals surface area contributed by atoms with Crippen molar-refractivity contribution in [2.24, 2.45) is 0 Å². The van der Waals surface area contributed by atoms with E-state index in [1.807, 2.05) is 0 Å². The monoisotopic (exact) mass is 467 g/mol. The average molecular weight is 468 g/mol. The largest absolute Gasteiger partial charge is 0.0619 e. The molecule has 0 nitrogen and oxygen atoms in total. The molecule has 3 aliphatic rings. The molecule has 0 aliphatic heterocycles. The van der Waals surface area contributed by atoms with Crippen LogP contribution in [0.2, 0.25) is 0 Å². The maximum absolute atomic E-state index is 2.56. The normalized spacial score (nSPS) is 15.6. The zero-order chi connectivity index (χ0) is 25.0. The van der Waals surface area contributed by atoms with Crippen molar-refractivity contribution in [3.8, 4) is 22.3 Å². The molecule has 3 aliphatic carbocycles. The molecular weight excluding hydrogens is 432 g/mol. The Bertz CT molecular complexity index is 1500. The van der Waals surface area contributed by atoms with E-state index in [0.29, 0.717) is 5.92 Å². The molecule has 0 amide bonds. The van der Waals surface area contributed by atoms with Crippen molar-refractivity contribution in [2.75, 3.05) is 0 Å². The molecule has 36 heavy (non-hydrogen) atoms. The molecule has 4 aromatic rings. The molecule has 0 atom stereocenters. The van der Waals surface area contributed by atoms with Gasteiger partial charge in [0.1, 0.15) is 0 Å². The van der Waals surface area contributed by atoms with Gasteiger partial charge < -0.3 is 0 Å². The van der Waals surface area contributed by atoms with Crippen LogP contribution in [0.1, 0.15) is 97.5 Å². The van der Waals surface area contributed by atoms with Gasteiger partial charge in [-0.15, -0.1) is 0 Å². The first-order valence-electron chi connectivity index (χ1n) is 13.5. The van der Waals surface area contributed by atoms with Crippen molar-refractivity contribution in [3.63, 3.8) is 0 Å². The Morgan fingerprint density at radius 1 is 0.583 bits per heavy atom. The highest BCUT2D eigenvalue weighted by atomic mass is 14.4. The van der Waals surface area contributed by atoms with Gasteiger partial charge in [0.25, 0.3) is 0 Å². The summed E-state index contributed by atoms with van der Waals surface area (Å²) in [5.41, 5.74) is 19.5. The van der Waals surface area contributed by atoms with Gasteiger partial charge in [-0.3, -0.25) is 0 Å². The van der Waals surface area contributed by atoms with E-state index in [1.165, 1.54) is 74.0 Å². The van der Waals surface area contributed by atoms with Crippen molar-refractivity contribution < 1.29 is 0 Å². The van der Waals surface area contributed by atoms with E-state index < -0.39 is 0 Å². The zero-order valence-electron chi connectivity index (χ0n) is 22.4. The first kappa shape index (κ1) is 22.1. The topological polar surface area (TPSA) is 0 Å². The van der Waals surface area contributed by atoms with Crippen LogP contribution in [0.15, 0.2) is 66.7 Å². The van der Waals surface area contributed by atoms with Crippen LogP contribution in [0.5, 0.6) is 0 Å². The zero-order valence-corrected chi connectivity index (χ0v) is 22.4. The molecule has 4 aromatic carbocycles. The summed E-state index contributed by atoms with van der Waals surface area (Å²) in [5, 5.41) is 0. The minimum atomic E-state index is 0.0827. The summed E-state index contributed by atoms with van der Waals surface area (Å²) < 4.78 is 0. The second-order valence-corrected chi connectivity index (χ2v) is 13.1. The van der Waals surface area contributed by atoms with E-state index in [4.69, 9.17) is 0 Å². The Labute approximate surface area is 216 Å². The van der Waals surface area contributed by atoms with Gasteiger partial charge in [0.05, 0.1) is 0 Å². The molecule has 0 heterocycles. The Balaban J connectivity index is 1.55. The van der Waals surface area contributed by atoms with E-state index in [1.54, 1.807) is 11.1 Å². The number of rotatable bonds is 1. The second kappa shape index (κ2) is 7.22. The molecule has 0 aromatic heterocycles. The first-order chi connectivity index (χ1) is 17.1. The van der Waals surface area contributed by atoms with E-state index in [9.17, 15) is 0 Å². The van der Waals surface area contributed by atoms with Crippen LogP contribution >= 0.6 is 0 Å². The maximum Gasteiger partial charge on any atom is 0.0355 e. The fourth-order valence-electron chi connectivity index (χ4n) is 7.07. The lowest BCUT2D eigenvalue weighted by molar-refractivity contribution is 0.585. The highest BCUT2D eigenvalue weighted by Gasteiger charge is 2.40. The molecule has 1 radical (unpaired) electrons. The van der Waals surface area contributed by atoms with Crippen molar-refractivity contribution in [1.29, 1.82) is 0 Å². The van der Waals surface area contributed by atoms with Crippen LogP contribution in [0.25, 0.3) is 22.3 Å². The smallest absolute Gasteiger partial charge is 0.0355 e. The van der Waals surface area contributed by atoms with Gasteiger partial charge in [-0.2, -0.15) is 0 Å². The van der Waals surface area contributed by atoms with Gasteiger partial charge in [-0.05, 0) is 102 Å². The van der Waals surface area contributed by atoms with Gasteiger partial charge >= 0.3 is 0 Å². The summed E-state index contributed by atoms with van der Waals surface area (Å²) in [6, 6.07) is 25.7. The number of hydrogen-bond donors (Lipinski definition) is 0. The molecule has 7 rings (SSSR count). The van der Waals surface area contributed by atoms with Gasteiger partial charge in [-0.1, -0.05) is 102 Å². The first-order valence-corrected chi connectivity index (χ1v) is 13.5. The van der Waals surface area contributed by atoms with Crippen LogP contribution < -0.4 is 0 Å². The summed E-state index contributed by atoms with van der Waals surface area (Å²) in [6.07, 6.45) is 4.83. The van der Waals surface area contributed by atoms with Gasteiger partial charge in [0, 0.05) is 12.3 Å². The molecule has 0 fully saturated rings. The van der Waals surface area contributed by atoms with E-state index in [-0.39, 0.29) is 10.8 Å². The molecule has 0 bridgehead atoms. The third kappa shape index (κ3) is 2.94. The molecule has 0 N–H and O–H groups in total. The maximum atomic E-state index is 2.56. The molecule has 0 saturated carbocycles. The highest BCUT2D eigenvalue weighted by Crippen LogP contribution is 2.57. The third-order valence-corrected chi connectivity index (χ3v) is 8.80. The number of hydrogen-bond acceptors (Lipinski definition) is 0. The van der Waals surface area contributed by atoms with Crippen molar-refractivity contribution in [1.82, 2.24) is 0 Å². The predicted octanol–water partition coefficient (Wildman–Crippen LogP) is 9.12. The molecule has 0 spiro atoms. The minimum Gasteiger partial charge on any atom is -0.0619 e. The lowest BCUT2D eigenvalue weighted by Crippen LogP contribution is -2.18.